The van der Waals surface area contributed by atoms with E-state index in [1.54, 1.807) is 19.2 Å². The first-order valence-corrected chi connectivity index (χ1v) is 11.5. The molecule has 5 heteroatoms. The van der Waals surface area contributed by atoms with Crippen LogP contribution in [0.5, 0.6) is 5.75 Å². The van der Waals surface area contributed by atoms with E-state index in [4.69, 9.17) is 4.74 Å². The molecule has 5 nitrogen and oxygen atoms in total. The SMILES string of the molecule is CCN(C1=C(c2ccc(OC)cc2)C(=O)N(c2ccc(C(C)(C)C)cc2)C1=O)c1ccccc1. The molecule has 1 aliphatic heterocycles. The van der Waals surface area contributed by atoms with Crippen molar-refractivity contribution in [2.24, 2.45) is 0 Å². The quantitative estimate of drug-likeness (QED) is 0.442. The largest absolute Gasteiger partial charge is 0.497 e. The minimum absolute atomic E-state index is 0.0262. The van der Waals surface area contributed by atoms with Gasteiger partial charge < -0.3 is 9.64 Å². The molecule has 174 valence electrons. The number of para-hydroxylation sites is 1. The van der Waals surface area contributed by atoms with Crippen molar-refractivity contribution < 1.29 is 14.3 Å². The van der Waals surface area contributed by atoms with E-state index in [0.29, 0.717) is 34.8 Å². The van der Waals surface area contributed by atoms with Gasteiger partial charge in [0.05, 0.1) is 18.4 Å². The molecule has 0 fully saturated rings. The predicted octanol–water partition coefficient (Wildman–Crippen LogP) is 5.80. The van der Waals surface area contributed by atoms with Gasteiger partial charge >= 0.3 is 0 Å². The topological polar surface area (TPSA) is 49.9 Å². The number of hydrogen-bond acceptors (Lipinski definition) is 4. The lowest BCUT2D eigenvalue weighted by molar-refractivity contribution is -0.120. The second-order valence-electron chi connectivity index (χ2n) is 9.27. The standard InChI is InChI=1S/C29H30N2O3/c1-6-30(22-10-8-7-9-11-22)26-25(20-12-18-24(34-5)19-13-20)27(32)31(28(26)33)23-16-14-21(15-17-23)29(2,3)4/h7-19H,6H2,1-5H3. The zero-order valence-corrected chi connectivity index (χ0v) is 20.3. The maximum atomic E-state index is 13.9. The fraction of sp³-hybridized carbons (Fsp3) is 0.241. The third-order valence-corrected chi connectivity index (χ3v) is 6.08. The van der Waals surface area contributed by atoms with E-state index in [-0.39, 0.29) is 17.2 Å². The molecule has 0 radical (unpaired) electrons. The summed E-state index contributed by atoms with van der Waals surface area (Å²) in [5, 5.41) is 0. The lowest BCUT2D eigenvalue weighted by Crippen LogP contribution is -2.35. The van der Waals surface area contributed by atoms with Crippen molar-refractivity contribution in [2.75, 3.05) is 23.5 Å². The Morgan fingerprint density at radius 2 is 1.44 bits per heavy atom. The number of hydrogen-bond donors (Lipinski definition) is 0. The van der Waals surface area contributed by atoms with E-state index in [9.17, 15) is 9.59 Å². The molecule has 0 bridgehead atoms. The monoisotopic (exact) mass is 454 g/mol. The molecule has 1 heterocycles. The maximum Gasteiger partial charge on any atom is 0.282 e. The van der Waals surface area contributed by atoms with Crippen LogP contribution >= 0.6 is 0 Å². The Morgan fingerprint density at radius 3 is 1.97 bits per heavy atom. The number of anilines is 2. The van der Waals surface area contributed by atoms with Crippen LogP contribution in [0.15, 0.2) is 84.6 Å². The van der Waals surface area contributed by atoms with Crippen molar-refractivity contribution in [2.45, 2.75) is 33.1 Å². The average Bonchev–Trinajstić information content (AvgIpc) is 3.10. The molecule has 4 rings (SSSR count). The summed E-state index contributed by atoms with van der Waals surface area (Å²) >= 11 is 0. The molecule has 0 unspecified atom stereocenters. The summed E-state index contributed by atoms with van der Waals surface area (Å²) in [7, 11) is 1.60. The number of methoxy groups -OCH3 is 1. The van der Waals surface area contributed by atoms with Crippen LogP contribution < -0.4 is 14.5 Å². The van der Waals surface area contributed by atoms with Gasteiger partial charge in [-0.2, -0.15) is 0 Å². The predicted molar refractivity (Wildman–Crippen MR) is 137 cm³/mol. The summed E-state index contributed by atoms with van der Waals surface area (Å²) in [6, 6.07) is 24.6. The van der Waals surface area contributed by atoms with Crippen molar-refractivity contribution in [1.29, 1.82) is 0 Å². The Labute approximate surface area is 201 Å². The molecule has 0 aromatic heterocycles. The number of benzene rings is 3. The molecule has 0 atom stereocenters. The number of likely N-dealkylation sites (N-methyl/N-ethyl adjacent to an activating group) is 1. The molecule has 3 aromatic rings. The number of imide groups is 1. The molecule has 0 N–H and O–H groups in total. The molecule has 3 aromatic carbocycles. The number of ether oxygens (including phenoxy) is 1. The average molecular weight is 455 g/mol. The number of carbonyl (C=O) groups is 2. The van der Waals surface area contributed by atoms with Crippen molar-refractivity contribution >= 4 is 28.8 Å². The van der Waals surface area contributed by atoms with Gasteiger partial charge in [-0.1, -0.05) is 63.2 Å². The summed E-state index contributed by atoms with van der Waals surface area (Å²) in [6.07, 6.45) is 0. The minimum Gasteiger partial charge on any atom is -0.497 e. The lowest BCUT2D eigenvalue weighted by Gasteiger charge is -2.25. The molecular weight excluding hydrogens is 424 g/mol. The summed E-state index contributed by atoms with van der Waals surface area (Å²) in [5.41, 5.74) is 3.98. The molecule has 0 saturated heterocycles. The van der Waals surface area contributed by atoms with E-state index in [1.165, 1.54) is 4.90 Å². The molecular formula is C29H30N2O3. The van der Waals surface area contributed by atoms with E-state index < -0.39 is 0 Å². The third kappa shape index (κ3) is 4.21. The van der Waals surface area contributed by atoms with Crippen LogP contribution in [-0.2, 0) is 15.0 Å². The second-order valence-corrected chi connectivity index (χ2v) is 9.27. The molecule has 34 heavy (non-hydrogen) atoms. The zero-order chi connectivity index (χ0) is 24.5. The molecule has 2 amide bonds. The highest BCUT2D eigenvalue weighted by molar-refractivity contribution is 6.46. The van der Waals surface area contributed by atoms with Gasteiger partial charge in [0.15, 0.2) is 0 Å². The summed E-state index contributed by atoms with van der Waals surface area (Å²) in [5.74, 6) is 0.0285. The molecule has 0 aliphatic carbocycles. The van der Waals surface area contributed by atoms with Gasteiger partial charge in [-0.25, -0.2) is 4.90 Å². The van der Waals surface area contributed by atoms with Crippen LogP contribution in [0.25, 0.3) is 5.57 Å². The first-order chi connectivity index (χ1) is 16.3. The van der Waals surface area contributed by atoms with Crippen LogP contribution in [0.2, 0.25) is 0 Å². The van der Waals surface area contributed by atoms with Crippen molar-refractivity contribution in [3.8, 4) is 5.75 Å². The maximum absolute atomic E-state index is 13.9. The zero-order valence-electron chi connectivity index (χ0n) is 20.3. The van der Waals surface area contributed by atoms with Gasteiger partial charge in [-0.05, 0) is 59.9 Å². The van der Waals surface area contributed by atoms with Gasteiger partial charge in [0.2, 0.25) is 0 Å². The highest BCUT2D eigenvalue weighted by atomic mass is 16.5. The van der Waals surface area contributed by atoms with Gasteiger partial charge in [0.25, 0.3) is 11.8 Å². The van der Waals surface area contributed by atoms with Gasteiger partial charge in [0.1, 0.15) is 11.4 Å². The Morgan fingerprint density at radius 1 is 0.824 bits per heavy atom. The number of nitrogens with zero attached hydrogens (tertiary/aromatic N) is 2. The fourth-order valence-corrected chi connectivity index (χ4v) is 4.21. The van der Waals surface area contributed by atoms with Crippen LogP contribution in [0.3, 0.4) is 0 Å². The molecule has 1 aliphatic rings. The van der Waals surface area contributed by atoms with E-state index >= 15 is 0 Å². The Bertz CT molecular complexity index is 1220. The fourth-order valence-electron chi connectivity index (χ4n) is 4.21. The van der Waals surface area contributed by atoms with Crippen LogP contribution in [0, 0.1) is 0 Å². The van der Waals surface area contributed by atoms with Crippen molar-refractivity contribution in [1.82, 2.24) is 0 Å². The smallest absolute Gasteiger partial charge is 0.282 e. The normalized spacial score (nSPS) is 14.1. The number of amides is 2. The lowest BCUT2D eigenvalue weighted by atomic mass is 9.87. The highest BCUT2D eigenvalue weighted by Gasteiger charge is 2.42. The summed E-state index contributed by atoms with van der Waals surface area (Å²) in [6.45, 7) is 8.91. The first kappa shape index (κ1) is 23.3. The minimum atomic E-state index is -0.331. The summed E-state index contributed by atoms with van der Waals surface area (Å²) in [4.78, 5) is 30.9. The van der Waals surface area contributed by atoms with Crippen LogP contribution in [-0.4, -0.2) is 25.5 Å². The first-order valence-electron chi connectivity index (χ1n) is 11.5. The van der Waals surface area contributed by atoms with E-state index in [2.05, 4.69) is 20.8 Å². The molecule has 0 saturated carbocycles. The van der Waals surface area contributed by atoms with Gasteiger partial charge in [-0.3, -0.25) is 9.59 Å². The Balaban J connectivity index is 1.84. The number of carbonyl (C=O) groups excluding carboxylic acids is 2. The Kier molecular flexibility index (Phi) is 6.29. The summed E-state index contributed by atoms with van der Waals surface area (Å²) < 4.78 is 5.28. The van der Waals surface area contributed by atoms with Crippen molar-refractivity contribution in [3.05, 3.63) is 95.7 Å². The van der Waals surface area contributed by atoms with E-state index in [0.717, 1.165) is 11.3 Å². The van der Waals surface area contributed by atoms with Crippen LogP contribution in [0.1, 0.15) is 38.8 Å². The van der Waals surface area contributed by atoms with Gasteiger partial charge in [-0.15, -0.1) is 0 Å². The Hall–Kier alpha value is -3.86. The van der Waals surface area contributed by atoms with Gasteiger partial charge in [0, 0.05) is 12.2 Å². The highest BCUT2D eigenvalue weighted by Crippen LogP contribution is 2.37. The van der Waals surface area contributed by atoms with Crippen molar-refractivity contribution in [3.63, 3.8) is 0 Å². The second kappa shape index (κ2) is 9.18. The molecule has 0 spiro atoms. The van der Waals surface area contributed by atoms with E-state index in [1.807, 2.05) is 78.6 Å². The third-order valence-electron chi connectivity index (χ3n) is 6.08. The van der Waals surface area contributed by atoms with Crippen LogP contribution in [0.4, 0.5) is 11.4 Å². The number of rotatable bonds is 6.